The van der Waals surface area contributed by atoms with E-state index in [9.17, 15) is 0 Å². The van der Waals surface area contributed by atoms with Gasteiger partial charge >= 0.3 is 0 Å². The van der Waals surface area contributed by atoms with Crippen molar-refractivity contribution in [1.29, 1.82) is 0 Å². The van der Waals surface area contributed by atoms with E-state index in [1.807, 2.05) is 0 Å². The average Bonchev–Trinajstić information content (AvgIpc) is 2.22. The number of nitrogens with one attached hydrogen (secondary N) is 1. The molecule has 0 spiro atoms. The van der Waals surface area contributed by atoms with Gasteiger partial charge in [0.1, 0.15) is 0 Å². The van der Waals surface area contributed by atoms with Crippen LogP contribution in [0, 0.1) is 0 Å². The summed E-state index contributed by atoms with van der Waals surface area (Å²) in [5.74, 6) is 0. The van der Waals surface area contributed by atoms with Gasteiger partial charge in [-0.25, -0.2) is 0 Å². The monoisotopic (exact) mass is 202 g/mol. The Kier molecular flexibility index (Phi) is 8.14. The minimum atomic E-state index is 0.309. The Morgan fingerprint density at radius 1 is 1.36 bits per heavy atom. The molecule has 0 aromatic heterocycles. The molecule has 2 unspecified atom stereocenters. The van der Waals surface area contributed by atoms with Crippen molar-refractivity contribution in [2.24, 2.45) is 0 Å². The Hall–Kier alpha value is -0.120. The molecule has 0 saturated carbocycles. The van der Waals surface area contributed by atoms with Gasteiger partial charge in [-0.15, -0.1) is 0 Å². The largest absolute Gasteiger partial charge is 0.380 e. The molecule has 0 amide bonds. The third-order valence-corrected chi connectivity index (χ3v) is 2.82. The predicted molar refractivity (Wildman–Crippen MR) is 61.7 cm³/mol. The van der Waals surface area contributed by atoms with Gasteiger partial charge in [-0.2, -0.15) is 0 Å². The van der Waals surface area contributed by atoms with Crippen LogP contribution in [0.3, 0.4) is 0 Å². The topological polar surface area (TPSA) is 24.5 Å². The van der Waals surface area contributed by atoms with Crippen LogP contribution >= 0.6 is 0 Å². The Morgan fingerprint density at radius 3 is 2.50 bits per heavy atom. The Bertz CT molecular complexity index is 130. The highest BCUT2D eigenvalue weighted by Crippen LogP contribution is 1.98. The molecule has 0 fully saturated rings. The molecular formula is C11H26N2O. The van der Waals surface area contributed by atoms with Crippen molar-refractivity contribution in [2.45, 2.75) is 39.3 Å². The van der Waals surface area contributed by atoms with E-state index in [1.54, 1.807) is 7.11 Å². The number of hydrogen-bond acceptors (Lipinski definition) is 3. The zero-order chi connectivity index (χ0) is 11.0. The van der Waals surface area contributed by atoms with Crippen LogP contribution in [0.5, 0.6) is 0 Å². The van der Waals surface area contributed by atoms with Gasteiger partial charge in [-0.1, -0.05) is 6.92 Å². The molecule has 2 atom stereocenters. The Balaban J connectivity index is 3.35. The van der Waals surface area contributed by atoms with Crippen molar-refractivity contribution in [3.8, 4) is 0 Å². The van der Waals surface area contributed by atoms with Gasteiger partial charge < -0.3 is 15.0 Å². The molecule has 14 heavy (non-hydrogen) atoms. The fourth-order valence-electron chi connectivity index (χ4n) is 1.18. The molecule has 3 nitrogen and oxygen atoms in total. The molecule has 0 rings (SSSR count). The summed E-state index contributed by atoms with van der Waals surface area (Å²) in [6.45, 7) is 9.63. The third kappa shape index (κ3) is 6.35. The first-order valence-electron chi connectivity index (χ1n) is 5.55. The summed E-state index contributed by atoms with van der Waals surface area (Å²) in [4.78, 5) is 2.38. The van der Waals surface area contributed by atoms with Crippen molar-refractivity contribution < 1.29 is 4.74 Å². The highest BCUT2D eigenvalue weighted by molar-refractivity contribution is 4.63. The van der Waals surface area contributed by atoms with E-state index in [4.69, 9.17) is 4.74 Å². The summed E-state index contributed by atoms with van der Waals surface area (Å²) < 4.78 is 5.15. The second kappa shape index (κ2) is 8.21. The number of hydrogen-bond donors (Lipinski definition) is 1. The maximum absolute atomic E-state index is 5.15. The fourth-order valence-corrected chi connectivity index (χ4v) is 1.18. The molecule has 0 aromatic rings. The maximum atomic E-state index is 5.15. The highest BCUT2D eigenvalue weighted by atomic mass is 16.5. The molecule has 0 heterocycles. The number of rotatable bonds is 8. The molecule has 0 aliphatic carbocycles. The molecule has 0 aliphatic rings. The summed E-state index contributed by atoms with van der Waals surface area (Å²) in [5, 5.41) is 3.38. The Labute approximate surface area is 88.8 Å². The van der Waals surface area contributed by atoms with Crippen LogP contribution in [0.1, 0.15) is 27.2 Å². The lowest BCUT2D eigenvalue weighted by molar-refractivity contribution is 0.116. The van der Waals surface area contributed by atoms with Gasteiger partial charge in [0.25, 0.3) is 0 Å². The van der Waals surface area contributed by atoms with Crippen LogP contribution < -0.4 is 5.32 Å². The van der Waals surface area contributed by atoms with Crippen LogP contribution in [0.2, 0.25) is 0 Å². The molecule has 0 aromatic carbocycles. The minimum Gasteiger partial charge on any atom is -0.380 e. The van der Waals surface area contributed by atoms with Crippen LogP contribution in [-0.4, -0.2) is 50.8 Å². The van der Waals surface area contributed by atoms with E-state index in [1.165, 1.54) is 6.42 Å². The fraction of sp³-hybridized carbons (Fsp3) is 1.00. The normalized spacial score (nSPS) is 15.9. The summed E-state index contributed by atoms with van der Waals surface area (Å²) in [7, 11) is 3.92. The van der Waals surface area contributed by atoms with E-state index >= 15 is 0 Å². The predicted octanol–water partition coefficient (Wildman–Crippen LogP) is 1.34. The van der Waals surface area contributed by atoms with Gasteiger partial charge in [0.15, 0.2) is 0 Å². The lowest BCUT2D eigenvalue weighted by Crippen LogP contribution is -2.37. The first-order chi connectivity index (χ1) is 6.61. The summed E-state index contributed by atoms with van der Waals surface area (Å²) in [5.41, 5.74) is 0. The summed E-state index contributed by atoms with van der Waals surface area (Å²) in [6, 6.07) is 0.677. The maximum Gasteiger partial charge on any atom is 0.0667 e. The first-order valence-corrected chi connectivity index (χ1v) is 5.55. The van der Waals surface area contributed by atoms with Gasteiger partial charge in [0, 0.05) is 32.8 Å². The number of ether oxygens (including phenoxy) is 1. The van der Waals surface area contributed by atoms with E-state index in [-0.39, 0.29) is 0 Å². The molecule has 0 bridgehead atoms. The quantitative estimate of drug-likeness (QED) is 0.601. The van der Waals surface area contributed by atoms with Gasteiger partial charge in [0.05, 0.1) is 6.10 Å². The van der Waals surface area contributed by atoms with Gasteiger partial charge in [-0.3, -0.25) is 0 Å². The molecular weight excluding hydrogens is 176 g/mol. The number of likely N-dealkylation sites (N-methyl/N-ethyl adjacent to an activating group) is 1. The zero-order valence-electron chi connectivity index (χ0n) is 10.3. The first kappa shape index (κ1) is 13.9. The molecule has 1 N–H and O–H groups in total. The van der Waals surface area contributed by atoms with E-state index in [0.717, 1.165) is 19.6 Å². The van der Waals surface area contributed by atoms with Gasteiger partial charge in [-0.05, 0) is 27.3 Å². The van der Waals surface area contributed by atoms with E-state index in [0.29, 0.717) is 12.1 Å². The molecule has 86 valence electrons. The number of nitrogens with zero attached hydrogens (tertiary/aromatic N) is 1. The highest BCUT2D eigenvalue weighted by Gasteiger charge is 2.05. The average molecular weight is 202 g/mol. The second-order valence-corrected chi connectivity index (χ2v) is 3.99. The molecule has 0 radical (unpaired) electrons. The van der Waals surface area contributed by atoms with Crippen LogP contribution in [0.15, 0.2) is 0 Å². The van der Waals surface area contributed by atoms with Crippen molar-refractivity contribution >= 4 is 0 Å². The smallest absolute Gasteiger partial charge is 0.0667 e. The van der Waals surface area contributed by atoms with Crippen molar-refractivity contribution in [3.05, 3.63) is 0 Å². The lowest BCUT2D eigenvalue weighted by Gasteiger charge is -2.23. The minimum absolute atomic E-state index is 0.309. The number of methoxy groups -OCH3 is 1. The lowest BCUT2D eigenvalue weighted by atomic mass is 10.2. The van der Waals surface area contributed by atoms with Crippen molar-refractivity contribution in [2.75, 3.05) is 33.8 Å². The van der Waals surface area contributed by atoms with Crippen LogP contribution in [-0.2, 0) is 4.74 Å². The SMILES string of the molecule is CCC(C)N(C)CCNCC(C)OC. The van der Waals surface area contributed by atoms with Gasteiger partial charge in [0.2, 0.25) is 0 Å². The standard InChI is InChI=1S/C11H26N2O/c1-6-10(2)13(4)8-7-12-9-11(3)14-5/h10-12H,6-9H2,1-5H3. The molecule has 0 saturated heterocycles. The van der Waals surface area contributed by atoms with Crippen LogP contribution in [0.4, 0.5) is 0 Å². The molecule has 3 heteroatoms. The third-order valence-electron chi connectivity index (χ3n) is 2.82. The second-order valence-electron chi connectivity index (χ2n) is 3.99. The Morgan fingerprint density at radius 2 is 2.00 bits per heavy atom. The van der Waals surface area contributed by atoms with E-state index in [2.05, 4.69) is 38.0 Å². The van der Waals surface area contributed by atoms with Crippen molar-refractivity contribution in [3.63, 3.8) is 0 Å². The van der Waals surface area contributed by atoms with Crippen molar-refractivity contribution in [1.82, 2.24) is 10.2 Å². The summed E-state index contributed by atoms with van der Waals surface area (Å²) in [6.07, 6.45) is 1.52. The summed E-state index contributed by atoms with van der Waals surface area (Å²) >= 11 is 0. The molecule has 0 aliphatic heterocycles. The van der Waals surface area contributed by atoms with Crippen LogP contribution in [0.25, 0.3) is 0 Å². The van der Waals surface area contributed by atoms with E-state index < -0.39 is 0 Å². The zero-order valence-corrected chi connectivity index (χ0v) is 10.3.